The number of nitrogens with zero attached hydrogens (tertiary/aromatic N) is 3. The minimum absolute atomic E-state index is 0.0435. The minimum atomic E-state index is -0.505. The molecule has 0 atom stereocenters. The first-order valence-electron chi connectivity index (χ1n) is 5.51. The first-order valence-corrected chi connectivity index (χ1v) is 5.51. The third-order valence-electron chi connectivity index (χ3n) is 2.92. The molecule has 2 aromatic rings. The van der Waals surface area contributed by atoms with Gasteiger partial charge in [-0.2, -0.15) is 10.4 Å². The lowest BCUT2D eigenvalue weighted by Gasteiger charge is -2.05. The van der Waals surface area contributed by atoms with Crippen molar-refractivity contribution >= 4 is 5.69 Å². The molecule has 0 aliphatic rings. The second-order valence-electron chi connectivity index (χ2n) is 4.17. The third-order valence-corrected chi connectivity index (χ3v) is 2.92. The fourth-order valence-electron chi connectivity index (χ4n) is 1.79. The van der Waals surface area contributed by atoms with Crippen LogP contribution in [0.4, 0.5) is 10.1 Å². The number of benzene rings is 1. The number of halogens is 1. The van der Waals surface area contributed by atoms with Crippen LogP contribution in [0.1, 0.15) is 22.5 Å². The lowest BCUT2D eigenvalue weighted by atomic mass is 10.1. The maximum Gasteiger partial charge on any atom is 0.140 e. The fourth-order valence-corrected chi connectivity index (χ4v) is 1.79. The van der Waals surface area contributed by atoms with E-state index in [9.17, 15) is 4.39 Å². The average molecular weight is 244 g/mol. The first-order chi connectivity index (χ1) is 8.52. The van der Waals surface area contributed by atoms with E-state index in [1.165, 1.54) is 12.1 Å². The Bertz CT molecular complexity index is 637. The number of hydrogen-bond acceptors (Lipinski definition) is 3. The van der Waals surface area contributed by atoms with Crippen molar-refractivity contribution in [1.29, 1.82) is 5.26 Å². The molecular weight excluding hydrogens is 231 g/mol. The van der Waals surface area contributed by atoms with Crippen molar-refractivity contribution in [3.8, 4) is 6.07 Å². The molecule has 0 fully saturated rings. The average Bonchev–Trinajstić information content (AvgIpc) is 2.59. The summed E-state index contributed by atoms with van der Waals surface area (Å²) >= 11 is 0. The molecule has 0 aliphatic heterocycles. The second kappa shape index (κ2) is 4.49. The van der Waals surface area contributed by atoms with Gasteiger partial charge in [-0.05, 0) is 31.5 Å². The van der Waals surface area contributed by atoms with E-state index in [1.807, 2.05) is 19.9 Å². The Morgan fingerprint density at radius 1 is 1.44 bits per heavy atom. The quantitative estimate of drug-likeness (QED) is 0.880. The van der Waals surface area contributed by atoms with E-state index in [0.29, 0.717) is 12.2 Å². The van der Waals surface area contributed by atoms with E-state index in [-0.39, 0.29) is 5.56 Å². The van der Waals surface area contributed by atoms with Gasteiger partial charge in [-0.3, -0.25) is 4.68 Å². The van der Waals surface area contributed by atoms with Crippen LogP contribution in [0.15, 0.2) is 18.2 Å². The van der Waals surface area contributed by atoms with Gasteiger partial charge in [0.2, 0.25) is 0 Å². The van der Waals surface area contributed by atoms with Crippen molar-refractivity contribution in [1.82, 2.24) is 9.78 Å². The summed E-state index contributed by atoms with van der Waals surface area (Å²) in [6, 6.07) is 6.29. The van der Waals surface area contributed by atoms with Gasteiger partial charge < -0.3 is 5.73 Å². The zero-order valence-corrected chi connectivity index (χ0v) is 10.2. The van der Waals surface area contributed by atoms with E-state index in [2.05, 4.69) is 5.10 Å². The molecule has 92 valence electrons. The fraction of sp³-hybridized carbons (Fsp3) is 0.231. The number of hydrogen-bond donors (Lipinski definition) is 1. The Kier molecular flexibility index (Phi) is 3.02. The summed E-state index contributed by atoms with van der Waals surface area (Å²) in [6.45, 7) is 4.19. The summed E-state index contributed by atoms with van der Waals surface area (Å²) < 4.78 is 14.9. The van der Waals surface area contributed by atoms with Crippen LogP contribution in [0.5, 0.6) is 0 Å². The summed E-state index contributed by atoms with van der Waals surface area (Å²) in [5.41, 5.74) is 9.01. The molecule has 1 heterocycles. The maximum absolute atomic E-state index is 13.2. The number of nitrogens with two attached hydrogens (primary N) is 1. The van der Waals surface area contributed by atoms with E-state index < -0.39 is 5.82 Å². The van der Waals surface area contributed by atoms with Crippen molar-refractivity contribution in [2.75, 3.05) is 5.73 Å². The smallest absolute Gasteiger partial charge is 0.140 e. The standard InChI is InChI=1S/C13H13FN4/c1-8-13(16)9(2)18(17-8)7-10-3-4-12(14)11(5-10)6-15/h3-5H,7,16H2,1-2H3. The minimum Gasteiger partial charge on any atom is -0.396 e. The third kappa shape index (κ3) is 2.05. The van der Waals surface area contributed by atoms with Crippen molar-refractivity contribution in [2.24, 2.45) is 0 Å². The summed E-state index contributed by atoms with van der Waals surface area (Å²) in [4.78, 5) is 0. The largest absolute Gasteiger partial charge is 0.396 e. The van der Waals surface area contributed by atoms with Crippen molar-refractivity contribution in [2.45, 2.75) is 20.4 Å². The van der Waals surface area contributed by atoms with Gasteiger partial charge in [0.1, 0.15) is 11.9 Å². The topological polar surface area (TPSA) is 67.6 Å². The van der Waals surface area contributed by atoms with Crippen molar-refractivity contribution < 1.29 is 4.39 Å². The van der Waals surface area contributed by atoms with Crippen LogP contribution in [-0.2, 0) is 6.54 Å². The normalized spacial score (nSPS) is 10.3. The molecule has 0 saturated carbocycles. The molecule has 0 spiro atoms. The van der Waals surface area contributed by atoms with Crippen LogP contribution in [0.2, 0.25) is 0 Å². The van der Waals surface area contributed by atoms with Gasteiger partial charge in [0.25, 0.3) is 0 Å². The van der Waals surface area contributed by atoms with Gasteiger partial charge >= 0.3 is 0 Å². The molecule has 2 N–H and O–H groups in total. The molecule has 2 rings (SSSR count). The summed E-state index contributed by atoms with van der Waals surface area (Å²) in [5, 5.41) is 13.1. The molecule has 5 heteroatoms. The van der Waals surface area contributed by atoms with Gasteiger partial charge in [-0.15, -0.1) is 0 Å². The molecule has 0 saturated heterocycles. The molecule has 0 aliphatic carbocycles. The second-order valence-corrected chi connectivity index (χ2v) is 4.17. The Balaban J connectivity index is 2.35. The van der Waals surface area contributed by atoms with Crippen LogP contribution < -0.4 is 5.73 Å². The maximum atomic E-state index is 13.2. The van der Waals surface area contributed by atoms with Crippen LogP contribution >= 0.6 is 0 Å². The summed E-state index contributed by atoms with van der Waals surface area (Å²) in [7, 11) is 0. The lowest BCUT2D eigenvalue weighted by molar-refractivity contribution is 0.619. The van der Waals surface area contributed by atoms with Gasteiger partial charge in [0.15, 0.2) is 0 Å². The van der Waals surface area contributed by atoms with Crippen LogP contribution in [-0.4, -0.2) is 9.78 Å². The van der Waals surface area contributed by atoms with Gasteiger partial charge in [-0.1, -0.05) is 6.07 Å². The SMILES string of the molecule is Cc1nn(Cc2ccc(F)c(C#N)c2)c(C)c1N. The van der Waals surface area contributed by atoms with E-state index in [0.717, 1.165) is 17.0 Å². The van der Waals surface area contributed by atoms with E-state index >= 15 is 0 Å². The van der Waals surface area contributed by atoms with Crippen molar-refractivity contribution in [3.05, 3.63) is 46.5 Å². The Morgan fingerprint density at radius 2 is 2.17 bits per heavy atom. The monoisotopic (exact) mass is 244 g/mol. The molecule has 0 bridgehead atoms. The number of aryl methyl sites for hydroxylation is 1. The molecule has 0 unspecified atom stereocenters. The van der Waals surface area contributed by atoms with Gasteiger partial charge in [-0.25, -0.2) is 4.39 Å². The number of rotatable bonds is 2. The highest BCUT2D eigenvalue weighted by Gasteiger charge is 2.09. The summed E-state index contributed by atoms with van der Waals surface area (Å²) in [6.07, 6.45) is 0. The zero-order valence-electron chi connectivity index (χ0n) is 10.2. The Labute approximate surface area is 104 Å². The molecule has 0 amide bonds. The first kappa shape index (κ1) is 12.1. The predicted octanol–water partition coefficient (Wildman–Crippen LogP) is 2.14. The number of nitrogen functional groups attached to an aromatic ring is 1. The number of anilines is 1. The molecular formula is C13H13FN4. The highest BCUT2D eigenvalue weighted by Crippen LogP contribution is 2.17. The lowest BCUT2D eigenvalue weighted by Crippen LogP contribution is -2.05. The van der Waals surface area contributed by atoms with Crippen LogP contribution in [0.25, 0.3) is 0 Å². The van der Waals surface area contributed by atoms with E-state index in [1.54, 1.807) is 10.7 Å². The number of aromatic nitrogens is 2. The zero-order chi connectivity index (χ0) is 13.3. The Hall–Kier alpha value is -2.35. The molecule has 1 aromatic heterocycles. The van der Waals surface area contributed by atoms with E-state index in [4.69, 9.17) is 11.0 Å². The van der Waals surface area contributed by atoms with Crippen molar-refractivity contribution in [3.63, 3.8) is 0 Å². The highest BCUT2D eigenvalue weighted by atomic mass is 19.1. The predicted molar refractivity (Wildman–Crippen MR) is 66.3 cm³/mol. The molecule has 0 radical (unpaired) electrons. The summed E-state index contributed by atoms with van der Waals surface area (Å²) in [5.74, 6) is -0.505. The van der Waals surface area contributed by atoms with Crippen LogP contribution in [0, 0.1) is 31.0 Å². The molecule has 1 aromatic carbocycles. The number of nitriles is 1. The van der Waals surface area contributed by atoms with Crippen LogP contribution in [0.3, 0.4) is 0 Å². The van der Waals surface area contributed by atoms with Gasteiger partial charge in [0, 0.05) is 0 Å². The Morgan fingerprint density at radius 3 is 2.72 bits per heavy atom. The highest BCUT2D eigenvalue weighted by molar-refractivity contribution is 5.47. The van der Waals surface area contributed by atoms with Gasteiger partial charge in [0.05, 0.1) is 29.2 Å². The molecule has 18 heavy (non-hydrogen) atoms. The molecule has 4 nitrogen and oxygen atoms in total.